The number of amides is 1. The van der Waals surface area contributed by atoms with Crippen molar-refractivity contribution >= 4 is 35.8 Å². The Morgan fingerprint density at radius 2 is 1.96 bits per heavy atom. The maximum Gasteiger partial charge on any atom is 0.243 e. The topological polar surface area (TPSA) is 66.0 Å². The zero-order valence-electron chi connectivity index (χ0n) is 16.6. The first-order chi connectivity index (χ1) is 12.5. The Morgan fingerprint density at radius 3 is 2.56 bits per heavy atom. The molecule has 8 heteroatoms. The Hall–Kier alpha value is -1.58. The summed E-state index contributed by atoms with van der Waals surface area (Å²) in [6.45, 7) is 5.38. The number of carbonyl (C=O) groups is 1. The van der Waals surface area contributed by atoms with Gasteiger partial charge in [0.1, 0.15) is 12.6 Å². The van der Waals surface area contributed by atoms with Gasteiger partial charge in [-0.2, -0.15) is 0 Å². The highest BCUT2D eigenvalue weighted by Gasteiger charge is 2.12. The minimum Gasteiger partial charge on any atom is -0.486 e. The number of hydrogen-bond donors (Lipinski definition) is 2. The molecule has 6 nitrogen and oxygen atoms in total. The van der Waals surface area contributed by atoms with Gasteiger partial charge >= 0.3 is 0 Å². The molecule has 1 rings (SSSR count). The van der Waals surface area contributed by atoms with Crippen LogP contribution in [0.3, 0.4) is 0 Å². The van der Waals surface area contributed by atoms with Crippen molar-refractivity contribution in [3.8, 4) is 5.75 Å². The first-order valence-electron chi connectivity index (χ1n) is 9.11. The molecule has 0 fully saturated rings. The van der Waals surface area contributed by atoms with E-state index in [4.69, 9.17) is 4.74 Å². The van der Waals surface area contributed by atoms with Gasteiger partial charge in [-0.25, -0.2) is 9.38 Å². The van der Waals surface area contributed by atoms with Gasteiger partial charge in [0.2, 0.25) is 5.91 Å². The van der Waals surface area contributed by atoms with E-state index in [1.165, 1.54) is 11.0 Å². The third-order valence-electron chi connectivity index (χ3n) is 3.78. The number of para-hydroxylation sites is 1. The number of halogens is 2. The summed E-state index contributed by atoms with van der Waals surface area (Å²) in [6.07, 6.45) is 2.56. The molecule has 0 aliphatic carbocycles. The molecule has 0 aliphatic rings. The van der Waals surface area contributed by atoms with E-state index in [1.54, 1.807) is 32.3 Å². The lowest BCUT2D eigenvalue weighted by Crippen LogP contribution is -2.43. The van der Waals surface area contributed by atoms with Crippen molar-refractivity contribution in [2.24, 2.45) is 4.99 Å². The highest BCUT2D eigenvalue weighted by Crippen LogP contribution is 2.17. The Labute approximate surface area is 179 Å². The van der Waals surface area contributed by atoms with E-state index in [-0.39, 0.29) is 54.1 Å². The Balaban J connectivity index is 0.00000676. The summed E-state index contributed by atoms with van der Waals surface area (Å²) in [5.74, 6) is 0.347. The fraction of sp³-hybridized carbons (Fsp3) is 0.579. The van der Waals surface area contributed by atoms with Gasteiger partial charge in [0.05, 0.1) is 6.54 Å². The number of nitrogens with one attached hydrogen (secondary N) is 2. The second-order valence-corrected chi connectivity index (χ2v) is 6.19. The lowest BCUT2D eigenvalue weighted by atomic mass is 10.2. The smallest absolute Gasteiger partial charge is 0.243 e. The van der Waals surface area contributed by atoms with Crippen LogP contribution >= 0.6 is 24.0 Å². The van der Waals surface area contributed by atoms with Gasteiger partial charge in [-0.1, -0.05) is 32.4 Å². The van der Waals surface area contributed by atoms with E-state index < -0.39 is 0 Å². The van der Waals surface area contributed by atoms with Crippen molar-refractivity contribution in [2.45, 2.75) is 39.2 Å². The molecule has 0 radical (unpaired) electrons. The number of nitrogens with zero attached hydrogens (tertiary/aromatic N) is 2. The SMILES string of the molecule is CCCCNC(=NCC(=O)N(C)C)NCC(CC)Oc1ccccc1F.I. The van der Waals surface area contributed by atoms with Gasteiger partial charge in [-0.3, -0.25) is 4.79 Å². The summed E-state index contributed by atoms with van der Waals surface area (Å²) < 4.78 is 19.5. The minimum absolute atomic E-state index is 0. The molecule has 1 amide bonds. The third-order valence-corrected chi connectivity index (χ3v) is 3.78. The molecule has 27 heavy (non-hydrogen) atoms. The molecule has 0 spiro atoms. The first-order valence-corrected chi connectivity index (χ1v) is 9.11. The number of hydrogen-bond acceptors (Lipinski definition) is 3. The summed E-state index contributed by atoms with van der Waals surface area (Å²) in [5.41, 5.74) is 0. The number of likely N-dealkylation sites (N-methyl/N-ethyl adjacent to an activating group) is 1. The molecule has 1 atom stereocenters. The number of carbonyl (C=O) groups excluding carboxylic acids is 1. The monoisotopic (exact) mass is 494 g/mol. The minimum atomic E-state index is -0.377. The van der Waals surface area contributed by atoms with Crippen LogP contribution in [-0.4, -0.2) is 56.6 Å². The molecule has 2 N–H and O–H groups in total. The second kappa shape index (κ2) is 14.5. The molecular formula is C19H32FIN4O2. The highest BCUT2D eigenvalue weighted by molar-refractivity contribution is 14.0. The Kier molecular flexibility index (Phi) is 13.6. The van der Waals surface area contributed by atoms with Crippen molar-refractivity contribution in [1.82, 2.24) is 15.5 Å². The fourth-order valence-electron chi connectivity index (χ4n) is 2.05. The molecule has 0 aromatic heterocycles. The van der Waals surface area contributed by atoms with Gasteiger partial charge in [0, 0.05) is 20.6 Å². The lowest BCUT2D eigenvalue weighted by Gasteiger charge is -2.20. The van der Waals surface area contributed by atoms with E-state index in [9.17, 15) is 9.18 Å². The van der Waals surface area contributed by atoms with Crippen molar-refractivity contribution < 1.29 is 13.9 Å². The summed E-state index contributed by atoms with van der Waals surface area (Å²) in [7, 11) is 3.40. The number of aliphatic imine (C=N–C) groups is 1. The quantitative estimate of drug-likeness (QED) is 0.227. The van der Waals surface area contributed by atoms with Crippen LogP contribution in [0, 0.1) is 5.82 Å². The molecule has 154 valence electrons. The number of rotatable bonds is 10. The number of ether oxygens (including phenoxy) is 1. The average molecular weight is 494 g/mol. The van der Waals surface area contributed by atoms with Gasteiger partial charge in [-0.05, 0) is 25.0 Å². The summed E-state index contributed by atoms with van der Waals surface area (Å²) in [6, 6.07) is 6.36. The molecule has 0 heterocycles. The van der Waals surface area contributed by atoms with Gasteiger partial charge < -0.3 is 20.3 Å². The van der Waals surface area contributed by atoms with Gasteiger partial charge in [0.25, 0.3) is 0 Å². The number of unbranched alkanes of at least 4 members (excludes halogenated alkanes) is 1. The maximum absolute atomic E-state index is 13.8. The summed E-state index contributed by atoms with van der Waals surface area (Å²) >= 11 is 0. The molecule has 1 aromatic carbocycles. The fourth-order valence-corrected chi connectivity index (χ4v) is 2.05. The lowest BCUT2D eigenvalue weighted by molar-refractivity contribution is -0.127. The Morgan fingerprint density at radius 1 is 1.26 bits per heavy atom. The van der Waals surface area contributed by atoms with E-state index in [1.807, 2.05) is 6.92 Å². The van der Waals surface area contributed by atoms with Crippen LogP contribution in [0.5, 0.6) is 5.75 Å². The normalized spacial score (nSPS) is 12.0. The van der Waals surface area contributed by atoms with Crippen molar-refractivity contribution in [3.05, 3.63) is 30.1 Å². The predicted molar refractivity (Wildman–Crippen MR) is 118 cm³/mol. The van der Waals surface area contributed by atoms with E-state index in [2.05, 4.69) is 22.5 Å². The van der Waals surface area contributed by atoms with Crippen LogP contribution in [0.4, 0.5) is 4.39 Å². The van der Waals surface area contributed by atoms with Crippen LogP contribution < -0.4 is 15.4 Å². The number of benzene rings is 1. The molecule has 0 saturated heterocycles. The zero-order valence-corrected chi connectivity index (χ0v) is 19.0. The second-order valence-electron chi connectivity index (χ2n) is 6.19. The van der Waals surface area contributed by atoms with E-state index >= 15 is 0 Å². The van der Waals surface area contributed by atoms with Crippen molar-refractivity contribution in [1.29, 1.82) is 0 Å². The van der Waals surface area contributed by atoms with Crippen molar-refractivity contribution in [2.75, 3.05) is 33.7 Å². The standard InChI is InChI=1S/C19H31FN4O2.HI/c1-5-7-12-21-19(23-14-18(25)24(3)4)22-13-15(6-2)26-17-11-9-8-10-16(17)20;/h8-11,15H,5-7,12-14H2,1-4H3,(H2,21,22,23);1H. The van der Waals surface area contributed by atoms with Crippen LogP contribution in [0.1, 0.15) is 33.1 Å². The molecule has 0 aliphatic heterocycles. The zero-order chi connectivity index (χ0) is 19.4. The summed E-state index contributed by atoms with van der Waals surface area (Å²) in [4.78, 5) is 17.6. The van der Waals surface area contributed by atoms with Crippen molar-refractivity contribution in [3.63, 3.8) is 0 Å². The maximum atomic E-state index is 13.8. The van der Waals surface area contributed by atoms with E-state index in [0.29, 0.717) is 18.9 Å². The van der Waals surface area contributed by atoms with E-state index in [0.717, 1.165) is 19.4 Å². The summed E-state index contributed by atoms with van der Waals surface area (Å²) in [5, 5.41) is 6.39. The van der Waals surface area contributed by atoms with Crippen LogP contribution in [-0.2, 0) is 4.79 Å². The molecule has 0 saturated carbocycles. The van der Waals surface area contributed by atoms with Gasteiger partial charge in [-0.15, -0.1) is 24.0 Å². The first kappa shape index (κ1) is 25.4. The van der Waals surface area contributed by atoms with Crippen LogP contribution in [0.25, 0.3) is 0 Å². The largest absolute Gasteiger partial charge is 0.486 e. The molecule has 1 unspecified atom stereocenters. The number of guanidine groups is 1. The molecule has 1 aromatic rings. The molecule has 0 bridgehead atoms. The van der Waals surface area contributed by atoms with Crippen LogP contribution in [0.2, 0.25) is 0 Å². The highest BCUT2D eigenvalue weighted by atomic mass is 127. The van der Waals surface area contributed by atoms with Crippen LogP contribution in [0.15, 0.2) is 29.3 Å². The average Bonchev–Trinajstić information content (AvgIpc) is 2.63. The predicted octanol–water partition coefficient (Wildman–Crippen LogP) is 3.02. The third kappa shape index (κ3) is 10.4. The molecular weight excluding hydrogens is 462 g/mol. The van der Waals surface area contributed by atoms with Gasteiger partial charge in [0.15, 0.2) is 17.5 Å². The Bertz CT molecular complexity index is 585.